The summed E-state index contributed by atoms with van der Waals surface area (Å²) >= 11 is 0. The molecule has 0 atom stereocenters. The van der Waals surface area contributed by atoms with Crippen LogP contribution in [0.3, 0.4) is 0 Å². The number of rotatable bonds is 4. The summed E-state index contributed by atoms with van der Waals surface area (Å²) in [5.41, 5.74) is 1.49. The number of allylic oxidation sites excluding steroid dienone is 3. The summed E-state index contributed by atoms with van der Waals surface area (Å²) in [6, 6.07) is 14.5. The van der Waals surface area contributed by atoms with Crippen molar-refractivity contribution in [3.63, 3.8) is 0 Å². The van der Waals surface area contributed by atoms with Crippen molar-refractivity contribution >= 4 is 17.8 Å². The predicted octanol–water partition coefficient (Wildman–Crippen LogP) is 4.42. The van der Waals surface area contributed by atoms with Crippen LogP contribution in [0.25, 0.3) is 6.08 Å². The molecule has 1 aliphatic rings. The van der Waals surface area contributed by atoms with Crippen molar-refractivity contribution in [3.05, 3.63) is 77.6 Å². The minimum Gasteiger partial charge on any atom is -0.452 e. The normalized spacial score (nSPS) is 14.8. The van der Waals surface area contributed by atoms with E-state index in [0.717, 1.165) is 5.56 Å². The Morgan fingerprint density at radius 2 is 1.88 bits per heavy atom. The molecule has 4 heteroatoms. The second-order valence-corrected chi connectivity index (χ2v) is 5.97. The van der Waals surface area contributed by atoms with Crippen LogP contribution in [0.2, 0.25) is 0 Å². The van der Waals surface area contributed by atoms with E-state index < -0.39 is 0 Å². The highest BCUT2D eigenvalue weighted by Gasteiger charge is 2.27. The summed E-state index contributed by atoms with van der Waals surface area (Å²) in [5.74, 6) is 0.272. The van der Waals surface area contributed by atoms with Crippen molar-refractivity contribution in [3.8, 4) is 11.5 Å². The summed E-state index contributed by atoms with van der Waals surface area (Å²) in [6.07, 6.45) is 5.30. The molecule has 0 fully saturated rings. The van der Waals surface area contributed by atoms with Gasteiger partial charge in [0.25, 0.3) is 0 Å². The molecule has 0 radical (unpaired) electrons. The largest absolute Gasteiger partial charge is 0.452 e. The molecule has 0 spiro atoms. The van der Waals surface area contributed by atoms with Crippen LogP contribution in [-0.2, 0) is 4.79 Å². The number of Topliss-reactive ketones (excluding diaryl/α,β-unsaturated/α-hetero) is 1. The first kappa shape index (κ1) is 16.7. The molecule has 0 N–H and O–H groups in total. The van der Waals surface area contributed by atoms with Gasteiger partial charge in [0.2, 0.25) is 5.78 Å². The van der Waals surface area contributed by atoms with Crippen molar-refractivity contribution in [2.75, 3.05) is 0 Å². The van der Waals surface area contributed by atoms with E-state index >= 15 is 0 Å². The third-order valence-corrected chi connectivity index (χ3v) is 3.67. The lowest BCUT2D eigenvalue weighted by molar-refractivity contribution is -0.137. The average Bonchev–Trinajstić information content (AvgIpc) is 2.91. The summed E-state index contributed by atoms with van der Waals surface area (Å²) in [5, 5.41) is 0. The van der Waals surface area contributed by atoms with E-state index in [1.807, 2.05) is 36.4 Å². The molecule has 0 amide bonds. The Morgan fingerprint density at radius 3 is 2.60 bits per heavy atom. The summed E-state index contributed by atoms with van der Waals surface area (Å²) in [4.78, 5) is 24.0. The van der Waals surface area contributed by atoms with E-state index in [-0.39, 0.29) is 23.4 Å². The fourth-order valence-corrected chi connectivity index (χ4v) is 2.29. The number of fused-ring (bicyclic) bond motifs is 1. The first-order valence-corrected chi connectivity index (χ1v) is 8.06. The quantitative estimate of drug-likeness (QED) is 0.472. The number of benzene rings is 2. The molecule has 25 heavy (non-hydrogen) atoms. The van der Waals surface area contributed by atoms with E-state index in [2.05, 4.69) is 0 Å². The number of hydrogen-bond donors (Lipinski definition) is 0. The lowest BCUT2D eigenvalue weighted by Crippen LogP contribution is -2.14. The van der Waals surface area contributed by atoms with Gasteiger partial charge in [-0.3, -0.25) is 9.59 Å². The molecule has 0 unspecified atom stereocenters. The molecule has 0 saturated heterocycles. The maximum absolute atomic E-state index is 12.3. The monoisotopic (exact) mass is 334 g/mol. The Labute approximate surface area is 146 Å². The van der Waals surface area contributed by atoms with Crippen molar-refractivity contribution < 1.29 is 19.1 Å². The van der Waals surface area contributed by atoms with Crippen LogP contribution in [0, 0.1) is 5.92 Å². The SMILES string of the molecule is CC(C)C(=O)Oc1ccc2c(c1)OC(=CC=Cc1ccccc1)C2=O. The van der Waals surface area contributed by atoms with Gasteiger partial charge >= 0.3 is 5.97 Å². The van der Waals surface area contributed by atoms with Crippen LogP contribution in [-0.4, -0.2) is 11.8 Å². The Bertz CT molecular complexity index is 861. The van der Waals surface area contributed by atoms with Crippen LogP contribution in [0.1, 0.15) is 29.8 Å². The Balaban J connectivity index is 1.75. The number of ether oxygens (including phenoxy) is 2. The Morgan fingerprint density at radius 1 is 1.12 bits per heavy atom. The van der Waals surface area contributed by atoms with E-state index in [4.69, 9.17) is 9.47 Å². The number of ketones is 1. The van der Waals surface area contributed by atoms with Crippen LogP contribution in [0.15, 0.2) is 66.4 Å². The second-order valence-electron chi connectivity index (χ2n) is 5.97. The van der Waals surface area contributed by atoms with Gasteiger partial charge in [0.1, 0.15) is 11.5 Å². The first-order chi connectivity index (χ1) is 12.0. The van der Waals surface area contributed by atoms with E-state index in [0.29, 0.717) is 17.1 Å². The molecule has 126 valence electrons. The lowest BCUT2D eigenvalue weighted by Gasteiger charge is -2.07. The molecular formula is C21H18O4. The van der Waals surface area contributed by atoms with Gasteiger partial charge in [-0.1, -0.05) is 56.3 Å². The molecular weight excluding hydrogens is 316 g/mol. The topological polar surface area (TPSA) is 52.6 Å². The third kappa shape index (κ3) is 3.86. The van der Waals surface area contributed by atoms with Gasteiger partial charge in [-0.15, -0.1) is 0 Å². The van der Waals surface area contributed by atoms with E-state index in [1.165, 1.54) is 0 Å². The number of hydrogen-bond acceptors (Lipinski definition) is 4. The molecule has 2 aromatic rings. The summed E-state index contributed by atoms with van der Waals surface area (Å²) < 4.78 is 10.9. The Hall–Kier alpha value is -3.14. The first-order valence-electron chi connectivity index (χ1n) is 8.06. The highest BCUT2D eigenvalue weighted by Crippen LogP contribution is 2.34. The van der Waals surface area contributed by atoms with Gasteiger partial charge in [-0.25, -0.2) is 0 Å². The highest BCUT2D eigenvalue weighted by atomic mass is 16.5. The number of carbonyl (C=O) groups is 2. The van der Waals surface area contributed by atoms with Gasteiger partial charge in [-0.2, -0.15) is 0 Å². The number of esters is 1. The van der Waals surface area contributed by atoms with Crippen molar-refractivity contribution in [1.82, 2.24) is 0 Å². The molecule has 2 aromatic carbocycles. The van der Waals surface area contributed by atoms with Gasteiger partial charge in [0.15, 0.2) is 5.76 Å². The smallest absolute Gasteiger partial charge is 0.313 e. The third-order valence-electron chi connectivity index (χ3n) is 3.67. The minimum atomic E-state index is -0.328. The van der Waals surface area contributed by atoms with Crippen molar-refractivity contribution in [2.45, 2.75) is 13.8 Å². The zero-order valence-corrected chi connectivity index (χ0v) is 14.1. The van der Waals surface area contributed by atoms with Crippen molar-refractivity contribution in [1.29, 1.82) is 0 Å². The van der Waals surface area contributed by atoms with E-state index in [9.17, 15) is 9.59 Å². The molecule has 0 aliphatic carbocycles. The molecule has 1 aliphatic heterocycles. The maximum Gasteiger partial charge on any atom is 0.313 e. The maximum atomic E-state index is 12.3. The summed E-state index contributed by atoms with van der Waals surface area (Å²) in [7, 11) is 0. The highest BCUT2D eigenvalue weighted by molar-refractivity contribution is 6.12. The molecule has 4 nitrogen and oxygen atoms in total. The molecule has 0 aromatic heterocycles. The predicted molar refractivity (Wildman–Crippen MR) is 95.4 cm³/mol. The lowest BCUT2D eigenvalue weighted by atomic mass is 10.1. The zero-order chi connectivity index (χ0) is 17.8. The zero-order valence-electron chi connectivity index (χ0n) is 14.1. The van der Waals surface area contributed by atoms with Crippen LogP contribution < -0.4 is 9.47 Å². The fourth-order valence-electron chi connectivity index (χ4n) is 2.29. The van der Waals surface area contributed by atoms with Gasteiger partial charge in [-0.05, 0) is 23.8 Å². The van der Waals surface area contributed by atoms with Gasteiger partial charge in [0.05, 0.1) is 11.5 Å². The molecule has 0 bridgehead atoms. The van der Waals surface area contributed by atoms with Crippen LogP contribution in [0.4, 0.5) is 0 Å². The standard InChI is InChI=1S/C21H18O4/c1-14(2)21(23)24-16-11-12-17-19(13-16)25-18(20(17)22)10-6-9-15-7-4-3-5-8-15/h3-14H,1-2H3. The second kappa shape index (κ2) is 7.18. The molecule has 0 saturated carbocycles. The number of carbonyl (C=O) groups excluding carboxylic acids is 2. The fraction of sp³-hybridized carbons (Fsp3) is 0.143. The van der Waals surface area contributed by atoms with Gasteiger partial charge in [0, 0.05) is 6.07 Å². The van der Waals surface area contributed by atoms with Gasteiger partial charge < -0.3 is 9.47 Å². The summed E-state index contributed by atoms with van der Waals surface area (Å²) in [6.45, 7) is 3.52. The van der Waals surface area contributed by atoms with Crippen molar-refractivity contribution in [2.24, 2.45) is 5.92 Å². The average molecular weight is 334 g/mol. The Kier molecular flexibility index (Phi) is 4.80. The van der Waals surface area contributed by atoms with Crippen LogP contribution in [0.5, 0.6) is 11.5 Å². The molecule has 3 rings (SSSR count). The minimum absolute atomic E-state index is 0.186. The van der Waals surface area contributed by atoms with Crippen LogP contribution >= 0.6 is 0 Å². The molecule has 1 heterocycles. The van der Waals surface area contributed by atoms with E-state index in [1.54, 1.807) is 44.2 Å².